The first-order valence-electron chi connectivity index (χ1n) is 7.81. The molecule has 0 aromatic carbocycles. The van der Waals surface area contributed by atoms with Crippen LogP contribution in [0.15, 0.2) is 0 Å². The van der Waals surface area contributed by atoms with Gasteiger partial charge in [0.05, 0.1) is 12.0 Å². The summed E-state index contributed by atoms with van der Waals surface area (Å²) in [6.07, 6.45) is 7.66. The molecule has 2 saturated carbocycles. The zero-order valence-corrected chi connectivity index (χ0v) is 12.2. The topological polar surface area (TPSA) is 27.0 Å². The molecule has 0 radical (unpaired) electrons. The third-order valence-electron chi connectivity index (χ3n) is 4.69. The molecule has 0 saturated heterocycles. The van der Waals surface area contributed by atoms with Crippen molar-refractivity contribution in [2.45, 2.75) is 71.4 Å². The van der Waals surface area contributed by atoms with E-state index in [1.807, 2.05) is 0 Å². The fourth-order valence-electron chi connectivity index (χ4n) is 3.50. The molecule has 2 aliphatic rings. The van der Waals surface area contributed by atoms with Crippen LogP contribution in [0.3, 0.4) is 0 Å². The van der Waals surface area contributed by atoms with Gasteiger partial charge < -0.3 is 0 Å². The van der Waals surface area contributed by atoms with Crippen molar-refractivity contribution < 1.29 is 0 Å². The quantitative estimate of drug-likeness (QED) is 0.739. The minimum absolute atomic E-state index is 0.284. The monoisotopic (exact) mass is 248 g/mol. The van der Waals surface area contributed by atoms with E-state index in [1.54, 1.807) is 0 Å². The maximum Gasteiger partial charge on any atom is 0.0672 e. The molecule has 3 atom stereocenters. The van der Waals surface area contributed by atoms with Crippen LogP contribution in [0.4, 0.5) is 0 Å². The Balaban J connectivity index is 2.06. The third kappa shape index (κ3) is 3.26. The van der Waals surface area contributed by atoms with Gasteiger partial charge in [-0.2, -0.15) is 5.26 Å². The van der Waals surface area contributed by atoms with E-state index in [-0.39, 0.29) is 5.92 Å². The van der Waals surface area contributed by atoms with Crippen LogP contribution in [0.25, 0.3) is 0 Å². The summed E-state index contributed by atoms with van der Waals surface area (Å²) in [7, 11) is 0. The highest BCUT2D eigenvalue weighted by atomic mass is 15.2. The summed E-state index contributed by atoms with van der Waals surface area (Å²) in [5.41, 5.74) is 0. The Morgan fingerprint density at radius 1 is 1.22 bits per heavy atom. The molecule has 102 valence electrons. The fraction of sp³-hybridized carbons (Fsp3) is 0.938. The van der Waals surface area contributed by atoms with Crippen LogP contribution in [-0.2, 0) is 0 Å². The molecular weight excluding hydrogens is 220 g/mol. The predicted octanol–water partition coefficient (Wildman–Crippen LogP) is 3.83. The molecule has 0 heterocycles. The van der Waals surface area contributed by atoms with Crippen molar-refractivity contribution >= 4 is 0 Å². The third-order valence-corrected chi connectivity index (χ3v) is 4.69. The van der Waals surface area contributed by atoms with Gasteiger partial charge in [0.15, 0.2) is 0 Å². The first kappa shape index (κ1) is 13.9. The van der Waals surface area contributed by atoms with E-state index in [9.17, 15) is 5.26 Å². The largest absolute Gasteiger partial charge is 0.296 e. The second-order valence-corrected chi connectivity index (χ2v) is 6.71. The molecule has 0 aromatic heterocycles. The molecule has 3 unspecified atom stereocenters. The summed E-state index contributed by atoms with van der Waals surface area (Å²) in [4.78, 5) is 2.69. The molecule has 0 N–H and O–H groups in total. The number of hydrogen-bond donors (Lipinski definition) is 0. The fourth-order valence-corrected chi connectivity index (χ4v) is 3.50. The highest BCUT2D eigenvalue weighted by Gasteiger charge is 2.40. The van der Waals surface area contributed by atoms with Crippen LogP contribution in [0, 0.1) is 29.1 Å². The molecule has 2 heteroatoms. The maximum absolute atomic E-state index is 9.43. The SMILES string of the molecule is CCC1CCC(C#N)C(N(CC(C)C)C2CC2)C1. The summed E-state index contributed by atoms with van der Waals surface area (Å²) in [5.74, 6) is 1.85. The minimum atomic E-state index is 0.284. The van der Waals surface area contributed by atoms with Crippen LogP contribution in [0.1, 0.15) is 59.3 Å². The van der Waals surface area contributed by atoms with Crippen molar-refractivity contribution in [3.05, 3.63) is 0 Å². The van der Waals surface area contributed by atoms with Crippen molar-refractivity contribution in [1.82, 2.24) is 4.90 Å². The van der Waals surface area contributed by atoms with E-state index in [0.29, 0.717) is 12.0 Å². The molecule has 2 aliphatic carbocycles. The Labute approximate surface area is 112 Å². The Morgan fingerprint density at radius 3 is 2.44 bits per heavy atom. The van der Waals surface area contributed by atoms with E-state index < -0.39 is 0 Å². The normalized spacial score (nSPS) is 32.8. The lowest BCUT2D eigenvalue weighted by atomic mass is 9.77. The highest BCUT2D eigenvalue weighted by Crippen LogP contribution is 2.39. The molecule has 0 amide bonds. The first-order valence-corrected chi connectivity index (χ1v) is 7.81. The van der Waals surface area contributed by atoms with Gasteiger partial charge in [-0.25, -0.2) is 0 Å². The summed E-state index contributed by atoms with van der Waals surface area (Å²) >= 11 is 0. The van der Waals surface area contributed by atoms with Gasteiger partial charge >= 0.3 is 0 Å². The molecule has 18 heavy (non-hydrogen) atoms. The minimum Gasteiger partial charge on any atom is -0.296 e. The van der Waals surface area contributed by atoms with Gasteiger partial charge in [-0.3, -0.25) is 4.90 Å². The first-order chi connectivity index (χ1) is 8.65. The summed E-state index contributed by atoms with van der Waals surface area (Å²) < 4.78 is 0. The van der Waals surface area contributed by atoms with Gasteiger partial charge in [0.1, 0.15) is 0 Å². The number of nitrogens with zero attached hydrogens (tertiary/aromatic N) is 2. The molecular formula is C16H28N2. The van der Waals surface area contributed by atoms with E-state index >= 15 is 0 Å². The lowest BCUT2D eigenvalue weighted by Gasteiger charge is -2.41. The number of nitriles is 1. The standard InChI is InChI=1S/C16H28N2/c1-4-13-5-6-14(10-17)16(9-13)18(11-12(2)3)15-7-8-15/h12-16H,4-9,11H2,1-3H3. The van der Waals surface area contributed by atoms with E-state index in [4.69, 9.17) is 0 Å². The Hall–Kier alpha value is -0.550. The summed E-state index contributed by atoms with van der Waals surface area (Å²) in [5, 5.41) is 9.43. The molecule has 0 bridgehead atoms. The van der Waals surface area contributed by atoms with Crippen molar-refractivity contribution in [3.8, 4) is 6.07 Å². The second kappa shape index (κ2) is 6.06. The van der Waals surface area contributed by atoms with Gasteiger partial charge in [-0.15, -0.1) is 0 Å². The molecule has 2 rings (SSSR count). The van der Waals surface area contributed by atoms with Crippen LogP contribution in [0.2, 0.25) is 0 Å². The smallest absolute Gasteiger partial charge is 0.0672 e. The van der Waals surface area contributed by atoms with Crippen LogP contribution >= 0.6 is 0 Å². The molecule has 0 spiro atoms. The lowest BCUT2D eigenvalue weighted by Crippen LogP contribution is -2.46. The predicted molar refractivity (Wildman–Crippen MR) is 75.1 cm³/mol. The molecule has 2 fully saturated rings. The molecule has 2 nitrogen and oxygen atoms in total. The van der Waals surface area contributed by atoms with Crippen LogP contribution in [-0.4, -0.2) is 23.5 Å². The van der Waals surface area contributed by atoms with Gasteiger partial charge in [0, 0.05) is 18.6 Å². The number of hydrogen-bond acceptors (Lipinski definition) is 2. The molecule has 0 aliphatic heterocycles. The maximum atomic E-state index is 9.43. The second-order valence-electron chi connectivity index (χ2n) is 6.71. The van der Waals surface area contributed by atoms with E-state index in [0.717, 1.165) is 18.4 Å². The van der Waals surface area contributed by atoms with Crippen molar-refractivity contribution in [2.75, 3.05) is 6.54 Å². The van der Waals surface area contributed by atoms with Gasteiger partial charge in [-0.1, -0.05) is 27.2 Å². The lowest BCUT2D eigenvalue weighted by molar-refractivity contribution is 0.0816. The van der Waals surface area contributed by atoms with E-state index in [2.05, 4.69) is 31.7 Å². The van der Waals surface area contributed by atoms with Crippen LogP contribution in [0.5, 0.6) is 0 Å². The van der Waals surface area contributed by atoms with Crippen molar-refractivity contribution in [3.63, 3.8) is 0 Å². The average molecular weight is 248 g/mol. The van der Waals surface area contributed by atoms with Gasteiger partial charge in [0.25, 0.3) is 0 Å². The molecule has 0 aromatic rings. The van der Waals surface area contributed by atoms with Crippen LogP contribution < -0.4 is 0 Å². The van der Waals surface area contributed by atoms with Crippen molar-refractivity contribution in [2.24, 2.45) is 17.8 Å². The highest BCUT2D eigenvalue weighted by molar-refractivity contribution is 5.01. The summed E-state index contributed by atoms with van der Waals surface area (Å²) in [6, 6.07) is 3.93. The Bertz CT molecular complexity index is 301. The Morgan fingerprint density at radius 2 is 1.94 bits per heavy atom. The van der Waals surface area contributed by atoms with E-state index in [1.165, 1.54) is 38.6 Å². The average Bonchev–Trinajstić information content (AvgIpc) is 3.19. The van der Waals surface area contributed by atoms with Gasteiger partial charge in [0.2, 0.25) is 0 Å². The zero-order chi connectivity index (χ0) is 13.1. The van der Waals surface area contributed by atoms with Crippen molar-refractivity contribution in [1.29, 1.82) is 5.26 Å². The Kier molecular flexibility index (Phi) is 4.67. The number of rotatable bonds is 5. The zero-order valence-electron chi connectivity index (χ0n) is 12.2. The van der Waals surface area contributed by atoms with Gasteiger partial charge in [-0.05, 0) is 43.9 Å². The summed E-state index contributed by atoms with van der Waals surface area (Å²) in [6.45, 7) is 8.09.